The first-order valence-electron chi connectivity index (χ1n) is 5.99. The van der Waals surface area contributed by atoms with Gasteiger partial charge in [-0.25, -0.2) is 12.8 Å². The molecule has 108 valence electrons. The zero-order chi connectivity index (χ0) is 14.8. The second kappa shape index (κ2) is 5.72. The Hall–Kier alpha value is -1.73. The van der Waals surface area contributed by atoms with E-state index in [4.69, 9.17) is 4.74 Å². The van der Waals surface area contributed by atoms with Crippen LogP contribution in [0, 0.1) is 5.82 Å². The number of halogens is 1. The summed E-state index contributed by atoms with van der Waals surface area (Å²) in [7, 11) is -2.11. The Bertz CT molecular complexity index is 663. The standard InChI is InChI=1S/C13H15FN2O3S/c1-9-12(10-3-5-11(14)6-4-10)20(17,18)16-13(9)15-7-8-19-2/h3-6H,7-8H2,1-2H3,(H,15,16). The number of amidine groups is 1. The third-order valence-electron chi connectivity index (χ3n) is 2.87. The van der Waals surface area contributed by atoms with Gasteiger partial charge in [-0.3, -0.25) is 9.71 Å². The van der Waals surface area contributed by atoms with E-state index in [0.717, 1.165) is 0 Å². The van der Waals surface area contributed by atoms with Crippen LogP contribution in [0.25, 0.3) is 4.91 Å². The minimum Gasteiger partial charge on any atom is -0.383 e. The second-order valence-corrected chi connectivity index (χ2v) is 5.91. The van der Waals surface area contributed by atoms with Crippen molar-refractivity contribution < 1.29 is 17.5 Å². The summed E-state index contributed by atoms with van der Waals surface area (Å²) in [5.41, 5.74) is 0.959. The molecule has 0 fully saturated rings. The molecule has 0 atom stereocenters. The first-order chi connectivity index (χ1) is 9.45. The fourth-order valence-corrected chi connectivity index (χ4v) is 3.46. The summed E-state index contributed by atoms with van der Waals surface area (Å²) in [4.78, 5) is 4.29. The molecule has 20 heavy (non-hydrogen) atoms. The van der Waals surface area contributed by atoms with Crippen molar-refractivity contribution in [3.63, 3.8) is 0 Å². The molecule has 2 rings (SSSR count). The fourth-order valence-electron chi connectivity index (χ4n) is 1.94. The molecule has 0 saturated heterocycles. The molecule has 5 nitrogen and oxygen atoms in total. The number of benzene rings is 1. The molecule has 0 aliphatic carbocycles. The lowest BCUT2D eigenvalue weighted by Crippen LogP contribution is -2.24. The summed E-state index contributed by atoms with van der Waals surface area (Å²) >= 11 is 0. The number of hydrogen-bond acceptors (Lipinski definition) is 4. The lowest BCUT2D eigenvalue weighted by atomic mass is 10.1. The highest BCUT2D eigenvalue weighted by Gasteiger charge is 2.32. The third-order valence-corrected chi connectivity index (χ3v) is 4.41. The number of rotatable bonds is 4. The van der Waals surface area contributed by atoms with Crippen molar-refractivity contribution in [3.05, 3.63) is 41.2 Å². The Labute approximate surface area is 117 Å². The van der Waals surface area contributed by atoms with E-state index in [1.54, 1.807) is 14.0 Å². The van der Waals surface area contributed by atoms with Crippen LogP contribution in [-0.4, -0.2) is 34.5 Å². The Kier molecular flexibility index (Phi) is 4.20. The second-order valence-electron chi connectivity index (χ2n) is 4.29. The number of nitrogens with zero attached hydrogens (tertiary/aromatic N) is 1. The largest absolute Gasteiger partial charge is 0.383 e. The lowest BCUT2D eigenvalue weighted by Gasteiger charge is -2.02. The predicted molar refractivity (Wildman–Crippen MR) is 75.2 cm³/mol. The van der Waals surface area contributed by atoms with Crippen LogP contribution < -0.4 is 4.72 Å². The van der Waals surface area contributed by atoms with Gasteiger partial charge in [0.15, 0.2) is 0 Å². The van der Waals surface area contributed by atoms with Gasteiger partial charge in [-0.05, 0) is 24.6 Å². The Morgan fingerprint density at radius 3 is 2.55 bits per heavy atom. The first-order valence-corrected chi connectivity index (χ1v) is 7.47. The van der Waals surface area contributed by atoms with Crippen LogP contribution in [0.2, 0.25) is 0 Å². The van der Waals surface area contributed by atoms with E-state index in [-0.39, 0.29) is 4.91 Å². The molecule has 1 aliphatic rings. The zero-order valence-corrected chi connectivity index (χ0v) is 12.0. The number of nitrogens with one attached hydrogen (secondary N) is 1. The fraction of sp³-hybridized carbons (Fsp3) is 0.308. The molecule has 1 heterocycles. The van der Waals surface area contributed by atoms with Gasteiger partial charge in [0.1, 0.15) is 16.6 Å². The molecule has 0 unspecified atom stereocenters. The van der Waals surface area contributed by atoms with Crippen LogP contribution >= 0.6 is 0 Å². The summed E-state index contributed by atoms with van der Waals surface area (Å²) in [6, 6.07) is 5.33. The monoisotopic (exact) mass is 298 g/mol. The van der Waals surface area contributed by atoms with Crippen molar-refractivity contribution in [3.8, 4) is 0 Å². The highest BCUT2D eigenvalue weighted by atomic mass is 32.2. The number of sulfonamides is 1. The molecule has 1 N–H and O–H groups in total. The lowest BCUT2D eigenvalue weighted by molar-refractivity contribution is 0.208. The predicted octanol–water partition coefficient (Wildman–Crippen LogP) is 1.53. The topological polar surface area (TPSA) is 67.8 Å². The first kappa shape index (κ1) is 14.7. The van der Waals surface area contributed by atoms with Crippen LogP contribution in [0.15, 0.2) is 34.8 Å². The average Bonchev–Trinajstić information content (AvgIpc) is 2.62. The Morgan fingerprint density at radius 2 is 1.95 bits per heavy atom. The third kappa shape index (κ3) is 2.88. The summed E-state index contributed by atoms with van der Waals surface area (Å²) in [6.07, 6.45) is 0. The van der Waals surface area contributed by atoms with E-state index in [1.165, 1.54) is 24.3 Å². The number of ether oxygens (including phenoxy) is 1. The molecular formula is C13H15FN2O3S. The maximum absolute atomic E-state index is 12.9. The SMILES string of the molecule is COCCN=C1NS(=O)(=O)C(c2ccc(F)cc2)=C1C. The summed E-state index contributed by atoms with van der Waals surface area (Å²) in [6.45, 7) is 2.44. The van der Waals surface area contributed by atoms with Gasteiger partial charge in [0.2, 0.25) is 0 Å². The molecule has 0 bridgehead atoms. The van der Waals surface area contributed by atoms with Crippen LogP contribution in [-0.2, 0) is 14.8 Å². The summed E-state index contributed by atoms with van der Waals surface area (Å²) in [5, 5.41) is 0. The molecule has 0 spiro atoms. The van der Waals surface area contributed by atoms with Crippen molar-refractivity contribution in [1.82, 2.24) is 4.72 Å². The molecule has 1 aromatic carbocycles. The molecule has 7 heteroatoms. The molecular weight excluding hydrogens is 283 g/mol. The molecule has 0 amide bonds. The van der Waals surface area contributed by atoms with Crippen molar-refractivity contribution in [2.75, 3.05) is 20.3 Å². The number of methoxy groups -OCH3 is 1. The molecule has 1 aromatic rings. The van der Waals surface area contributed by atoms with Gasteiger partial charge in [-0.15, -0.1) is 0 Å². The molecule has 0 aromatic heterocycles. The van der Waals surface area contributed by atoms with E-state index < -0.39 is 15.8 Å². The Balaban J connectivity index is 2.42. The maximum Gasteiger partial charge on any atom is 0.264 e. The smallest absolute Gasteiger partial charge is 0.264 e. The van der Waals surface area contributed by atoms with Gasteiger partial charge in [0.25, 0.3) is 10.0 Å². The van der Waals surface area contributed by atoms with Gasteiger partial charge in [-0.1, -0.05) is 12.1 Å². The van der Waals surface area contributed by atoms with E-state index in [9.17, 15) is 12.8 Å². The van der Waals surface area contributed by atoms with E-state index in [2.05, 4.69) is 9.71 Å². The normalized spacial score (nSPS) is 19.4. The highest BCUT2D eigenvalue weighted by molar-refractivity contribution is 8.00. The molecule has 1 aliphatic heterocycles. The summed E-state index contributed by atoms with van der Waals surface area (Å²) < 4.78 is 44.5. The van der Waals surface area contributed by atoms with Crippen molar-refractivity contribution in [2.45, 2.75) is 6.92 Å². The van der Waals surface area contributed by atoms with Gasteiger partial charge < -0.3 is 4.74 Å². The van der Waals surface area contributed by atoms with E-state index >= 15 is 0 Å². The minimum atomic E-state index is -3.65. The van der Waals surface area contributed by atoms with Gasteiger partial charge in [0, 0.05) is 12.7 Å². The van der Waals surface area contributed by atoms with Crippen molar-refractivity contribution >= 4 is 20.8 Å². The molecule has 0 saturated carbocycles. The molecule has 0 radical (unpaired) electrons. The van der Waals surface area contributed by atoms with Gasteiger partial charge in [0.05, 0.1) is 13.2 Å². The zero-order valence-electron chi connectivity index (χ0n) is 11.2. The Morgan fingerprint density at radius 1 is 1.30 bits per heavy atom. The van der Waals surface area contributed by atoms with Crippen molar-refractivity contribution in [2.24, 2.45) is 4.99 Å². The van der Waals surface area contributed by atoms with Crippen LogP contribution in [0.5, 0.6) is 0 Å². The maximum atomic E-state index is 12.9. The highest BCUT2D eigenvalue weighted by Crippen LogP contribution is 2.29. The van der Waals surface area contributed by atoms with Gasteiger partial charge in [-0.2, -0.15) is 0 Å². The average molecular weight is 298 g/mol. The number of aliphatic imine (C=N–C) groups is 1. The van der Waals surface area contributed by atoms with Crippen LogP contribution in [0.3, 0.4) is 0 Å². The van der Waals surface area contributed by atoms with Crippen LogP contribution in [0.1, 0.15) is 12.5 Å². The number of hydrogen-bond donors (Lipinski definition) is 1. The quantitative estimate of drug-likeness (QED) is 0.857. The van der Waals surface area contributed by atoms with E-state index in [0.29, 0.717) is 30.1 Å². The van der Waals surface area contributed by atoms with Gasteiger partial charge >= 0.3 is 0 Å². The van der Waals surface area contributed by atoms with E-state index in [1.807, 2.05) is 0 Å². The van der Waals surface area contributed by atoms with Crippen LogP contribution in [0.4, 0.5) is 4.39 Å². The minimum absolute atomic E-state index is 0.133. The van der Waals surface area contributed by atoms with Crippen molar-refractivity contribution in [1.29, 1.82) is 0 Å². The summed E-state index contributed by atoms with van der Waals surface area (Å²) in [5.74, 6) is -0.106.